The molecule has 1 aromatic rings. The highest BCUT2D eigenvalue weighted by molar-refractivity contribution is 6.47. The van der Waals surface area contributed by atoms with Crippen LogP contribution in [0, 0.1) is 29.0 Å². The Hall–Kier alpha value is -1.64. The molecule has 0 radical (unpaired) electrons. The van der Waals surface area contributed by atoms with Gasteiger partial charge in [-0.25, -0.2) is 4.39 Å². The summed E-state index contributed by atoms with van der Waals surface area (Å²) < 4.78 is 26.8. The molecule has 1 saturated heterocycles. The number of carbonyl (C=O) groups excluding carboxylic acids is 2. The van der Waals surface area contributed by atoms with E-state index in [0.29, 0.717) is 24.2 Å². The topological polar surface area (TPSA) is 76.7 Å². The van der Waals surface area contributed by atoms with Gasteiger partial charge in [0, 0.05) is 5.02 Å². The molecule has 1 unspecified atom stereocenters. The number of hydrogen-bond acceptors (Lipinski definition) is 4. The van der Waals surface area contributed by atoms with E-state index in [9.17, 15) is 14.0 Å². The highest BCUT2D eigenvalue weighted by Crippen LogP contribution is 2.65. The van der Waals surface area contributed by atoms with E-state index in [4.69, 9.17) is 20.9 Å². The molecule has 3 aliphatic carbocycles. The first-order valence-electron chi connectivity index (χ1n) is 11.8. The fraction of sp³-hybridized carbons (Fsp3) is 0.667. The van der Waals surface area contributed by atoms with Crippen LogP contribution in [0.4, 0.5) is 4.39 Å². The molecule has 0 spiro atoms. The Morgan fingerprint density at radius 2 is 2.00 bits per heavy atom. The predicted octanol–water partition coefficient (Wildman–Crippen LogP) is 4.01. The molecule has 1 aromatic carbocycles. The zero-order valence-electron chi connectivity index (χ0n) is 19.9. The van der Waals surface area contributed by atoms with Crippen molar-refractivity contribution in [1.29, 1.82) is 0 Å². The predicted molar refractivity (Wildman–Crippen MR) is 125 cm³/mol. The molecule has 2 N–H and O–H groups in total. The quantitative estimate of drug-likeness (QED) is 0.581. The van der Waals surface area contributed by atoms with Gasteiger partial charge in [-0.3, -0.25) is 9.59 Å². The van der Waals surface area contributed by atoms with E-state index in [1.807, 2.05) is 0 Å². The van der Waals surface area contributed by atoms with Crippen molar-refractivity contribution >= 4 is 30.5 Å². The maximum absolute atomic E-state index is 13.9. The van der Waals surface area contributed by atoms with E-state index < -0.39 is 18.8 Å². The van der Waals surface area contributed by atoms with Gasteiger partial charge in [0.15, 0.2) is 0 Å². The molecule has 5 atom stereocenters. The summed E-state index contributed by atoms with van der Waals surface area (Å²) in [6.07, 6.45) is 2.83. The Bertz CT molecular complexity index is 945. The second-order valence-corrected chi connectivity index (χ2v) is 11.4. The fourth-order valence-electron chi connectivity index (χ4n) is 6.00. The summed E-state index contributed by atoms with van der Waals surface area (Å²) in [6.45, 7) is 10.6. The second kappa shape index (κ2) is 8.86. The van der Waals surface area contributed by atoms with Crippen LogP contribution in [-0.2, 0) is 14.1 Å². The Labute approximate surface area is 200 Å². The van der Waals surface area contributed by atoms with Gasteiger partial charge < -0.3 is 19.9 Å². The van der Waals surface area contributed by atoms with Crippen molar-refractivity contribution in [3.8, 4) is 0 Å². The molecule has 3 saturated carbocycles. The zero-order valence-corrected chi connectivity index (χ0v) is 20.7. The third kappa shape index (κ3) is 4.54. The van der Waals surface area contributed by atoms with Crippen molar-refractivity contribution in [2.45, 2.75) is 71.5 Å². The monoisotopic (exact) mass is 478 g/mol. The third-order valence-corrected chi connectivity index (χ3v) is 8.19. The first kappa shape index (κ1) is 24.5. The molecule has 6 nitrogen and oxygen atoms in total. The summed E-state index contributed by atoms with van der Waals surface area (Å²) in [5.41, 5.74) is -0.323. The van der Waals surface area contributed by atoms with Crippen LogP contribution in [0.1, 0.15) is 64.2 Å². The van der Waals surface area contributed by atoms with Gasteiger partial charge in [0.2, 0.25) is 5.91 Å². The molecule has 1 heterocycles. The van der Waals surface area contributed by atoms with Crippen molar-refractivity contribution < 1.29 is 23.3 Å². The highest BCUT2D eigenvalue weighted by atomic mass is 35.5. The van der Waals surface area contributed by atoms with E-state index >= 15 is 0 Å². The second-order valence-electron chi connectivity index (χ2n) is 10.9. The molecule has 9 heteroatoms. The van der Waals surface area contributed by atoms with Crippen molar-refractivity contribution in [3.63, 3.8) is 0 Å². The van der Waals surface area contributed by atoms with Crippen LogP contribution >= 0.6 is 11.6 Å². The molecule has 33 heavy (non-hydrogen) atoms. The molecule has 0 aromatic heterocycles. The fourth-order valence-corrected chi connectivity index (χ4v) is 6.17. The highest BCUT2D eigenvalue weighted by Gasteiger charge is 2.68. The summed E-state index contributed by atoms with van der Waals surface area (Å²) in [5.74, 6) is -0.741. The number of carbonyl (C=O) groups is 2. The number of halogens is 2. The normalized spacial score (nSPS) is 30.4. The summed E-state index contributed by atoms with van der Waals surface area (Å²) in [4.78, 5) is 25.0. The minimum absolute atomic E-state index is 0.0244. The lowest BCUT2D eigenvalue weighted by atomic mass is 9.43. The summed E-state index contributed by atoms with van der Waals surface area (Å²) in [7, 11) is -0.539. The van der Waals surface area contributed by atoms with Crippen molar-refractivity contribution in [1.82, 2.24) is 10.6 Å². The minimum atomic E-state index is -0.695. The van der Waals surface area contributed by atoms with Crippen LogP contribution in [0.2, 0.25) is 5.02 Å². The first-order valence-corrected chi connectivity index (χ1v) is 12.2. The van der Waals surface area contributed by atoms with Gasteiger partial charge in [-0.15, -0.1) is 0 Å². The largest absolute Gasteiger partial charge is 0.481 e. The van der Waals surface area contributed by atoms with Crippen LogP contribution in [0.5, 0.6) is 0 Å². The van der Waals surface area contributed by atoms with Crippen LogP contribution in [0.3, 0.4) is 0 Å². The molecule has 2 bridgehead atoms. The maximum atomic E-state index is 13.9. The van der Waals surface area contributed by atoms with Crippen molar-refractivity contribution in [2.75, 3.05) is 6.54 Å². The summed E-state index contributed by atoms with van der Waals surface area (Å²) >= 11 is 5.85. The van der Waals surface area contributed by atoms with Crippen LogP contribution < -0.4 is 10.6 Å². The molecular weight excluding hydrogens is 446 g/mol. The molecule has 1 aliphatic heterocycles. The Morgan fingerprint density at radius 1 is 1.27 bits per heavy atom. The molecule has 2 amide bonds. The maximum Gasteiger partial charge on any atom is 0.481 e. The van der Waals surface area contributed by atoms with E-state index in [1.54, 1.807) is 0 Å². The van der Waals surface area contributed by atoms with Crippen LogP contribution in [0.25, 0.3) is 0 Å². The number of amides is 2. The van der Waals surface area contributed by atoms with Crippen LogP contribution in [-0.4, -0.2) is 43.1 Å². The van der Waals surface area contributed by atoms with E-state index in [-0.39, 0.29) is 46.1 Å². The summed E-state index contributed by atoms with van der Waals surface area (Å²) in [5, 5.41) is 5.69. The zero-order chi connectivity index (χ0) is 24.1. The molecule has 4 aliphatic rings. The van der Waals surface area contributed by atoms with E-state index in [1.165, 1.54) is 12.1 Å². The Balaban J connectivity index is 1.39. The number of hydrogen-bond donors (Lipinski definition) is 2. The van der Waals surface area contributed by atoms with Gasteiger partial charge in [0.05, 0.1) is 29.8 Å². The molecular formula is C24H33BClFN2O4. The van der Waals surface area contributed by atoms with E-state index in [2.05, 4.69) is 45.3 Å². The average Bonchev–Trinajstić information content (AvgIpc) is 3.10. The smallest absolute Gasteiger partial charge is 0.404 e. The molecule has 5 rings (SSSR count). The van der Waals surface area contributed by atoms with Gasteiger partial charge in [-0.05, 0) is 67.6 Å². The minimum Gasteiger partial charge on any atom is -0.404 e. The first-order chi connectivity index (χ1) is 15.4. The van der Waals surface area contributed by atoms with E-state index in [0.717, 1.165) is 18.9 Å². The van der Waals surface area contributed by atoms with Gasteiger partial charge >= 0.3 is 7.12 Å². The van der Waals surface area contributed by atoms with Crippen molar-refractivity contribution in [3.05, 3.63) is 34.6 Å². The Kier molecular flexibility index (Phi) is 6.57. The number of nitrogens with one attached hydrogen (secondary N) is 2. The lowest BCUT2D eigenvalue weighted by molar-refractivity contribution is -0.199. The standard InChI is InChI=1S/C24H33BClFN2O4/c1-13(2)8-20(25-32-19-10-14-9-18(23(14,3)4)24(19,5)33-25)29-21(30)12-28-22(31)16-11-15(26)6-7-17(16)27/h6-7,11,13-14,18-20H,8-10,12H2,1-5H3,(H,28,31)(H,29,30)/t14?,18-,19+,20-,24-/m0/s1. The van der Waals surface area contributed by atoms with Gasteiger partial charge in [-0.1, -0.05) is 39.3 Å². The average molecular weight is 479 g/mol. The third-order valence-electron chi connectivity index (χ3n) is 7.95. The van der Waals surface area contributed by atoms with Gasteiger partial charge in [0.25, 0.3) is 5.91 Å². The van der Waals surface area contributed by atoms with Crippen LogP contribution in [0.15, 0.2) is 18.2 Å². The molecule has 4 fully saturated rings. The Morgan fingerprint density at radius 3 is 2.67 bits per heavy atom. The summed E-state index contributed by atoms with van der Waals surface area (Å²) in [6, 6.07) is 3.72. The van der Waals surface area contributed by atoms with Gasteiger partial charge in [-0.2, -0.15) is 0 Å². The molecule has 180 valence electrons. The number of rotatable bonds is 7. The number of benzene rings is 1. The van der Waals surface area contributed by atoms with Crippen molar-refractivity contribution in [2.24, 2.45) is 23.2 Å². The lowest BCUT2D eigenvalue weighted by Crippen LogP contribution is -2.65. The van der Waals surface area contributed by atoms with Gasteiger partial charge in [0.1, 0.15) is 5.82 Å². The SMILES string of the molecule is CC(C)C[C@H](NC(=O)CNC(=O)c1cc(Cl)ccc1F)B1O[C@@H]2CC3C[C@@H](C3(C)C)[C@]2(C)O1. The lowest BCUT2D eigenvalue weighted by Gasteiger charge is -2.64.